The first kappa shape index (κ1) is 23.1. The van der Waals surface area contributed by atoms with Crippen molar-refractivity contribution in [1.82, 2.24) is 4.90 Å². The first-order valence-electron chi connectivity index (χ1n) is 8.79. The largest absolute Gasteiger partial charge is 0.462 e. The highest BCUT2D eigenvalue weighted by atomic mass is 16.6. The van der Waals surface area contributed by atoms with Gasteiger partial charge in [0.2, 0.25) is 0 Å². The summed E-state index contributed by atoms with van der Waals surface area (Å²) in [6.45, 7) is 4.98. The number of hydrogen-bond acceptors (Lipinski definition) is 7. The third kappa shape index (κ3) is 11.3. The average molecular weight is 357 g/mol. The van der Waals surface area contributed by atoms with Crippen LogP contribution in [0, 0.1) is 0 Å². The SMILES string of the molecule is CCCCOC(=O)C(=CC=CN(CCO)CCO)C(=O)OCCCC. The number of esters is 2. The molecular weight excluding hydrogens is 326 g/mol. The fraction of sp³-hybridized carbons (Fsp3) is 0.667. The average Bonchev–Trinajstić information content (AvgIpc) is 2.59. The summed E-state index contributed by atoms with van der Waals surface area (Å²) in [7, 11) is 0. The number of aliphatic hydroxyl groups is 2. The van der Waals surface area contributed by atoms with Crippen molar-refractivity contribution in [3.05, 3.63) is 23.9 Å². The Morgan fingerprint density at radius 3 is 1.80 bits per heavy atom. The molecule has 0 aliphatic rings. The summed E-state index contributed by atoms with van der Waals surface area (Å²) >= 11 is 0. The molecule has 0 saturated carbocycles. The predicted molar refractivity (Wildman–Crippen MR) is 94.7 cm³/mol. The second kappa shape index (κ2) is 15.7. The molecule has 0 aliphatic carbocycles. The first-order chi connectivity index (χ1) is 12.1. The molecule has 0 aliphatic heterocycles. The zero-order valence-electron chi connectivity index (χ0n) is 15.3. The standard InChI is InChI=1S/C18H31NO6/c1-3-5-14-24-17(22)16(18(23)25-15-6-4-2)8-7-9-19(10-12-20)11-13-21/h7-9,20-21H,3-6,10-15H2,1-2H3. The van der Waals surface area contributed by atoms with Crippen molar-refractivity contribution in [2.45, 2.75) is 39.5 Å². The van der Waals surface area contributed by atoms with Gasteiger partial charge < -0.3 is 24.6 Å². The summed E-state index contributed by atoms with van der Waals surface area (Å²) in [5.74, 6) is -1.43. The molecule has 0 spiro atoms. The zero-order valence-corrected chi connectivity index (χ0v) is 15.3. The van der Waals surface area contributed by atoms with Crippen molar-refractivity contribution in [3.8, 4) is 0 Å². The van der Waals surface area contributed by atoms with E-state index in [0.717, 1.165) is 25.7 Å². The van der Waals surface area contributed by atoms with Gasteiger partial charge in [-0.2, -0.15) is 0 Å². The lowest BCUT2D eigenvalue weighted by atomic mass is 10.2. The van der Waals surface area contributed by atoms with E-state index in [9.17, 15) is 9.59 Å². The van der Waals surface area contributed by atoms with Crippen LogP contribution in [0.25, 0.3) is 0 Å². The molecule has 0 atom stereocenters. The number of allylic oxidation sites excluding steroid dienone is 2. The number of aliphatic hydroxyl groups excluding tert-OH is 2. The van der Waals surface area contributed by atoms with Crippen LogP contribution in [-0.2, 0) is 19.1 Å². The number of unbranched alkanes of at least 4 members (excludes halogenated alkanes) is 2. The zero-order chi connectivity index (χ0) is 18.9. The van der Waals surface area contributed by atoms with Crippen molar-refractivity contribution in [3.63, 3.8) is 0 Å². The highest BCUT2D eigenvalue weighted by Crippen LogP contribution is 2.05. The van der Waals surface area contributed by atoms with Crippen LogP contribution in [0.2, 0.25) is 0 Å². The molecule has 7 heteroatoms. The maximum Gasteiger partial charge on any atom is 0.345 e. The Kier molecular flexibility index (Phi) is 14.5. The molecule has 0 saturated heterocycles. The predicted octanol–water partition coefficient (Wildman–Crippen LogP) is 1.40. The van der Waals surface area contributed by atoms with E-state index in [1.54, 1.807) is 11.1 Å². The molecule has 0 radical (unpaired) electrons. The van der Waals surface area contributed by atoms with Crippen LogP contribution >= 0.6 is 0 Å². The molecule has 7 nitrogen and oxygen atoms in total. The van der Waals surface area contributed by atoms with Crippen molar-refractivity contribution in [2.75, 3.05) is 39.5 Å². The van der Waals surface area contributed by atoms with E-state index in [0.29, 0.717) is 13.1 Å². The van der Waals surface area contributed by atoms with E-state index >= 15 is 0 Å². The Hall–Kier alpha value is -1.86. The number of carbonyl (C=O) groups excluding carboxylic acids is 2. The number of carbonyl (C=O) groups is 2. The summed E-state index contributed by atoms with van der Waals surface area (Å²) in [5.41, 5.74) is -0.170. The van der Waals surface area contributed by atoms with E-state index in [-0.39, 0.29) is 32.0 Å². The molecule has 0 rings (SSSR count). The van der Waals surface area contributed by atoms with Crippen LogP contribution in [0.1, 0.15) is 39.5 Å². The van der Waals surface area contributed by atoms with Crippen molar-refractivity contribution in [2.24, 2.45) is 0 Å². The Morgan fingerprint density at radius 1 is 0.920 bits per heavy atom. The van der Waals surface area contributed by atoms with Gasteiger partial charge in [0.15, 0.2) is 0 Å². The molecule has 0 bridgehead atoms. The Labute approximate surface area is 149 Å². The molecule has 2 N–H and O–H groups in total. The van der Waals surface area contributed by atoms with E-state index in [2.05, 4.69) is 0 Å². The quantitative estimate of drug-likeness (QED) is 0.121. The van der Waals surface area contributed by atoms with Gasteiger partial charge in [0, 0.05) is 13.1 Å². The molecular formula is C18H31NO6. The number of ether oxygens (including phenoxy) is 2. The minimum Gasteiger partial charge on any atom is -0.462 e. The number of hydrogen-bond donors (Lipinski definition) is 2. The molecule has 25 heavy (non-hydrogen) atoms. The van der Waals surface area contributed by atoms with E-state index in [1.807, 2.05) is 13.8 Å². The topological polar surface area (TPSA) is 96.3 Å². The lowest BCUT2D eigenvalue weighted by Crippen LogP contribution is -2.24. The third-order valence-electron chi connectivity index (χ3n) is 3.24. The highest BCUT2D eigenvalue weighted by molar-refractivity contribution is 6.14. The lowest BCUT2D eigenvalue weighted by Gasteiger charge is -2.17. The van der Waals surface area contributed by atoms with Gasteiger partial charge in [-0.05, 0) is 31.2 Å². The minimum atomic E-state index is -0.713. The molecule has 0 aromatic heterocycles. The van der Waals surface area contributed by atoms with E-state index in [4.69, 9.17) is 19.7 Å². The second-order valence-electron chi connectivity index (χ2n) is 5.38. The van der Waals surface area contributed by atoms with Crippen LogP contribution in [0.4, 0.5) is 0 Å². The smallest absolute Gasteiger partial charge is 0.345 e. The lowest BCUT2D eigenvalue weighted by molar-refractivity contribution is -0.147. The Balaban J connectivity index is 4.99. The Bertz CT molecular complexity index is 403. The molecule has 0 unspecified atom stereocenters. The number of rotatable bonds is 14. The minimum absolute atomic E-state index is 0.0704. The van der Waals surface area contributed by atoms with Gasteiger partial charge in [-0.1, -0.05) is 26.7 Å². The molecule has 0 heterocycles. The van der Waals surface area contributed by atoms with Gasteiger partial charge >= 0.3 is 11.9 Å². The van der Waals surface area contributed by atoms with Gasteiger partial charge in [0.1, 0.15) is 5.57 Å². The van der Waals surface area contributed by atoms with Crippen molar-refractivity contribution >= 4 is 11.9 Å². The van der Waals surface area contributed by atoms with Crippen LogP contribution in [0.15, 0.2) is 23.9 Å². The molecule has 144 valence electrons. The summed E-state index contributed by atoms with van der Waals surface area (Å²) in [5, 5.41) is 17.9. The van der Waals surface area contributed by atoms with Gasteiger partial charge in [-0.3, -0.25) is 0 Å². The second-order valence-corrected chi connectivity index (χ2v) is 5.38. The molecule has 0 aromatic rings. The first-order valence-corrected chi connectivity index (χ1v) is 8.79. The van der Waals surface area contributed by atoms with E-state index in [1.165, 1.54) is 12.2 Å². The maximum absolute atomic E-state index is 12.1. The molecule has 0 fully saturated rings. The Morgan fingerprint density at radius 2 is 1.40 bits per heavy atom. The molecule has 0 aromatic carbocycles. The fourth-order valence-corrected chi connectivity index (χ4v) is 1.77. The van der Waals surface area contributed by atoms with Gasteiger partial charge in [0.25, 0.3) is 0 Å². The highest BCUT2D eigenvalue weighted by Gasteiger charge is 2.20. The van der Waals surface area contributed by atoms with Crippen LogP contribution in [0.3, 0.4) is 0 Å². The normalized spacial score (nSPS) is 10.6. The summed E-state index contributed by atoms with van der Waals surface area (Å²) < 4.78 is 10.2. The van der Waals surface area contributed by atoms with Gasteiger partial charge in [-0.15, -0.1) is 0 Å². The number of nitrogens with zero attached hydrogens (tertiary/aromatic N) is 1. The summed E-state index contributed by atoms with van der Waals surface area (Å²) in [4.78, 5) is 25.9. The monoisotopic (exact) mass is 357 g/mol. The van der Waals surface area contributed by atoms with Crippen LogP contribution < -0.4 is 0 Å². The van der Waals surface area contributed by atoms with E-state index < -0.39 is 11.9 Å². The van der Waals surface area contributed by atoms with Crippen molar-refractivity contribution < 1.29 is 29.3 Å². The fourth-order valence-electron chi connectivity index (χ4n) is 1.77. The van der Waals surface area contributed by atoms with Crippen LogP contribution in [0.5, 0.6) is 0 Å². The summed E-state index contributed by atoms with van der Waals surface area (Å²) in [6.07, 6.45) is 7.63. The third-order valence-corrected chi connectivity index (χ3v) is 3.24. The van der Waals surface area contributed by atoms with Crippen molar-refractivity contribution in [1.29, 1.82) is 0 Å². The van der Waals surface area contributed by atoms with Crippen LogP contribution in [-0.4, -0.2) is 66.6 Å². The molecule has 0 amide bonds. The summed E-state index contributed by atoms with van der Waals surface area (Å²) in [6, 6.07) is 0. The van der Waals surface area contributed by atoms with Gasteiger partial charge in [-0.25, -0.2) is 9.59 Å². The maximum atomic E-state index is 12.1. The van der Waals surface area contributed by atoms with Gasteiger partial charge in [0.05, 0.1) is 26.4 Å².